The van der Waals surface area contributed by atoms with Crippen molar-refractivity contribution in [3.63, 3.8) is 0 Å². The van der Waals surface area contributed by atoms with Crippen LogP contribution < -0.4 is 14.8 Å². The van der Waals surface area contributed by atoms with Crippen LogP contribution in [0.5, 0.6) is 11.5 Å². The van der Waals surface area contributed by atoms with Gasteiger partial charge < -0.3 is 19.9 Å². The molecular weight excluding hydrogens is 334 g/mol. The topological polar surface area (TPSA) is 84.9 Å². The highest BCUT2D eigenvalue weighted by Crippen LogP contribution is 2.34. The lowest BCUT2D eigenvalue weighted by atomic mass is 9.97. The zero-order valence-electron chi connectivity index (χ0n) is 16.8. The van der Waals surface area contributed by atoms with Crippen molar-refractivity contribution >= 4 is 11.9 Å². The van der Waals surface area contributed by atoms with Crippen molar-refractivity contribution in [2.24, 2.45) is 10.8 Å². The average molecular weight is 365 g/mol. The minimum atomic E-state index is -0.720. The molecule has 0 saturated carbocycles. The Hall–Kier alpha value is -1.92. The van der Waals surface area contributed by atoms with Gasteiger partial charge in [-0.15, -0.1) is 0 Å². The van der Waals surface area contributed by atoms with Crippen molar-refractivity contribution in [3.05, 3.63) is 23.8 Å². The number of rotatable bonds is 6. The van der Waals surface area contributed by atoms with Crippen LogP contribution in [0.3, 0.4) is 0 Å². The second-order valence-corrected chi connectivity index (χ2v) is 8.39. The summed E-state index contributed by atoms with van der Waals surface area (Å²) in [5.41, 5.74) is -0.824. The molecule has 0 saturated heterocycles. The maximum atomic E-state index is 12.3. The van der Waals surface area contributed by atoms with E-state index in [0.29, 0.717) is 18.5 Å². The molecule has 0 fully saturated rings. The van der Waals surface area contributed by atoms with Crippen LogP contribution in [0.2, 0.25) is 0 Å². The number of ether oxygens (including phenoxy) is 2. The van der Waals surface area contributed by atoms with Gasteiger partial charge in [0.25, 0.3) is 0 Å². The van der Waals surface area contributed by atoms with E-state index in [1.807, 2.05) is 0 Å². The lowest BCUT2D eigenvalue weighted by molar-refractivity contribution is -0.145. The zero-order chi connectivity index (χ0) is 20.1. The van der Waals surface area contributed by atoms with Crippen LogP contribution in [-0.4, -0.2) is 30.6 Å². The van der Waals surface area contributed by atoms with Gasteiger partial charge in [0.2, 0.25) is 0 Å². The summed E-state index contributed by atoms with van der Waals surface area (Å²) in [5, 5.41) is 13.3. The Bertz CT molecular complexity index is 641. The van der Waals surface area contributed by atoms with E-state index >= 15 is 0 Å². The number of aliphatic hydroxyl groups excluding tert-OH is 1. The summed E-state index contributed by atoms with van der Waals surface area (Å²) in [6.45, 7) is 11.1. The largest absolute Gasteiger partial charge is 0.422 e. The van der Waals surface area contributed by atoms with Crippen molar-refractivity contribution in [2.75, 3.05) is 13.6 Å². The van der Waals surface area contributed by atoms with E-state index in [4.69, 9.17) is 9.47 Å². The first kappa shape index (κ1) is 22.1. The molecule has 0 heterocycles. The van der Waals surface area contributed by atoms with E-state index in [-0.39, 0.29) is 11.5 Å². The Morgan fingerprint density at radius 1 is 1.00 bits per heavy atom. The fourth-order valence-corrected chi connectivity index (χ4v) is 1.85. The quantitative estimate of drug-likeness (QED) is 0.595. The molecule has 6 heteroatoms. The van der Waals surface area contributed by atoms with Crippen LogP contribution in [0.15, 0.2) is 18.2 Å². The van der Waals surface area contributed by atoms with Gasteiger partial charge in [0.1, 0.15) is 0 Å². The van der Waals surface area contributed by atoms with Crippen LogP contribution in [0.25, 0.3) is 0 Å². The molecule has 1 aromatic carbocycles. The Kier molecular flexibility index (Phi) is 7.35. The molecule has 146 valence electrons. The maximum absolute atomic E-state index is 12.3. The van der Waals surface area contributed by atoms with Crippen molar-refractivity contribution in [2.45, 2.75) is 54.1 Å². The molecule has 0 aliphatic carbocycles. The lowest BCUT2D eigenvalue weighted by Gasteiger charge is -2.21. The monoisotopic (exact) mass is 365 g/mol. The van der Waals surface area contributed by atoms with Gasteiger partial charge in [-0.05, 0) is 79.3 Å². The average Bonchev–Trinajstić information content (AvgIpc) is 2.52. The molecular formula is C20H31NO5. The third-order valence-corrected chi connectivity index (χ3v) is 3.65. The third kappa shape index (κ3) is 6.42. The first-order chi connectivity index (χ1) is 11.9. The highest BCUT2D eigenvalue weighted by atomic mass is 16.6. The molecule has 1 rings (SSSR count). The number of benzene rings is 1. The van der Waals surface area contributed by atoms with Crippen molar-refractivity contribution in [3.8, 4) is 11.5 Å². The molecule has 0 radical (unpaired) electrons. The van der Waals surface area contributed by atoms with Crippen molar-refractivity contribution in [1.29, 1.82) is 0 Å². The number of hydrogen-bond acceptors (Lipinski definition) is 6. The summed E-state index contributed by atoms with van der Waals surface area (Å²) in [6, 6.07) is 4.77. The fourth-order valence-electron chi connectivity index (χ4n) is 1.85. The minimum absolute atomic E-state index is 0.128. The first-order valence-corrected chi connectivity index (χ1v) is 8.77. The number of hydrogen-bond donors (Lipinski definition) is 2. The molecule has 1 aromatic rings. The second kappa shape index (κ2) is 8.64. The van der Waals surface area contributed by atoms with Crippen LogP contribution in [0.4, 0.5) is 0 Å². The molecule has 2 N–H and O–H groups in total. The standard InChI is InChI=1S/C20H31NO5/c1-19(2,3)17(23)25-15-9-8-13(14(22)10-11-21-7)12-16(15)26-18(24)20(4,5)6/h8-9,12,14,21-22H,10-11H2,1-7H3. The number of nitrogens with one attached hydrogen (secondary N) is 1. The number of esters is 2. The van der Waals surface area contributed by atoms with E-state index in [9.17, 15) is 14.7 Å². The van der Waals surface area contributed by atoms with E-state index in [2.05, 4.69) is 5.32 Å². The molecule has 1 unspecified atom stereocenters. The highest BCUT2D eigenvalue weighted by Gasteiger charge is 2.28. The zero-order valence-corrected chi connectivity index (χ0v) is 16.8. The van der Waals surface area contributed by atoms with Gasteiger partial charge in [-0.3, -0.25) is 9.59 Å². The number of carbonyl (C=O) groups is 2. The Morgan fingerprint density at radius 2 is 1.50 bits per heavy atom. The van der Waals surface area contributed by atoms with Gasteiger partial charge in [-0.25, -0.2) is 0 Å². The van der Waals surface area contributed by atoms with Gasteiger partial charge in [-0.1, -0.05) is 6.07 Å². The van der Waals surface area contributed by atoms with Crippen molar-refractivity contribution in [1.82, 2.24) is 5.32 Å². The fraction of sp³-hybridized carbons (Fsp3) is 0.600. The normalized spacial score (nSPS) is 13.2. The van der Waals surface area contributed by atoms with Crippen LogP contribution in [0, 0.1) is 10.8 Å². The molecule has 1 atom stereocenters. The van der Waals surface area contributed by atoms with Gasteiger partial charge in [-0.2, -0.15) is 0 Å². The van der Waals surface area contributed by atoms with Gasteiger partial charge in [0.15, 0.2) is 11.5 Å². The van der Waals surface area contributed by atoms with Crippen molar-refractivity contribution < 1.29 is 24.2 Å². The SMILES string of the molecule is CNCCC(O)c1ccc(OC(=O)C(C)(C)C)c(OC(=O)C(C)(C)C)c1. The number of aliphatic hydroxyl groups is 1. The molecule has 0 bridgehead atoms. The Labute approximate surface area is 155 Å². The van der Waals surface area contributed by atoms with Gasteiger partial charge in [0, 0.05) is 0 Å². The molecule has 0 spiro atoms. The molecule has 0 aliphatic rings. The second-order valence-electron chi connectivity index (χ2n) is 8.39. The third-order valence-electron chi connectivity index (χ3n) is 3.65. The molecule has 0 aliphatic heterocycles. The predicted molar refractivity (Wildman–Crippen MR) is 100 cm³/mol. The molecule has 0 amide bonds. The summed E-state index contributed by atoms with van der Waals surface area (Å²) in [5.74, 6) is -0.600. The predicted octanol–water partition coefficient (Wildman–Crippen LogP) is 3.23. The molecule has 6 nitrogen and oxygen atoms in total. The highest BCUT2D eigenvalue weighted by molar-refractivity contribution is 5.81. The van der Waals surface area contributed by atoms with Gasteiger partial charge >= 0.3 is 11.9 Å². The first-order valence-electron chi connectivity index (χ1n) is 8.77. The van der Waals surface area contributed by atoms with E-state index in [1.54, 1.807) is 66.8 Å². The van der Waals surface area contributed by atoms with Crippen LogP contribution >= 0.6 is 0 Å². The number of carbonyl (C=O) groups excluding carboxylic acids is 2. The Balaban J connectivity index is 3.19. The van der Waals surface area contributed by atoms with E-state index in [0.717, 1.165) is 0 Å². The van der Waals surface area contributed by atoms with Gasteiger partial charge in [0.05, 0.1) is 16.9 Å². The minimum Gasteiger partial charge on any atom is -0.422 e. The summed E-state index contributed by atoms with van der Waals surface area (Å²) < 4.78 is 10.9. The maximum Gasteiger partial charge on any atom is 0.316 e. The Morgan fingerprint density at radius 3 is 1.96 bits per heavy atom. The summed E-state index contributed by atoms with van der Waals surface area (Å²) >= 11 is 0. The summed E-state index contributed by atoms with van der Waals surface area (Å²) in [6.07, 6.45) is -0.216. The van der Waals surface area contributed by atoms with Crippen LogP contribution in [0.1, 0.15) is 59.6 Å². The van der Waals surface area contributed by atoms with E-state index < -0.39 is 28.9 Å². The van der Waals surface area contributed by atoms with Crippen LogP contribution in [-0.2, 0) is 9.59 Å². The summed E-state index contributed by atoms with van der Waals surface area (Å²) in [4.78, 5) is 24.5. The molecule has 0 aromatic heterocycles. The summed E-state index contributed by atoms with van der Waals surface area (Å²) in [7, 11) is 1.80. The molecule has 26 heavy (non-hydrogen) atoms. The smallest absolute Gasteiger partial charge is 0.316 e. The lowest BCUT2D eigenvalue weighted by Crippen LogP contribution is -2.28. The van der Waals surface area contributed by atoms with E-state index in [1.165, 1.54) is 0 Å².